The van der Waals surface area contributed by atoms with E-state index in [2.05, 4.69) is 19.1 Å². The maximum absolute atomic E-state index is 11.7. The fraction of sp³-hybridized carbons (Fsp3) is 0.429. The molecule has 0 aliphatic heterocycles. The highest BCUT2D eigenvalue weighted by atomic mass is 16.6. The molecule has 0 aliphatic rings. The summed E-state index contributed by atoms with van der Waals surface area (Å²) in [5.74, 6) is 0.962. The van der Waals surface area contributed by atoms with Gasteiger partial charge in [-0.25, -0.2) is 0 Å². The first kappa shape index (κ1) is 25.3. The van der Waals surface area contributed by atoms with Crippen molar-refractivity contribution < 1.29 is 28.5 Å². The van der Waals surface area contributed by atoms with Gasteiger partial charge in [-0.2, -0.15) is 0 Å². The standard InChI is InChI=1S/C28H34O6/c1-6-20-13-14-23-24(15-20)28(32-17-19(5)34-26(30)8-3)22-12-10-9-11-21(22)27(23)31-16-18(4)33-25(29)7-2/h9-15,18-19H,6-8,16-17H2,1-5H3. The highest BCUT2D eigenvalue weighted by Crippen LogP contribution is 2.43. The van der Waals surface area contributed by atoms with Crippen molar-refractivity contribution in [1.82, 2.24) is 0 Å². The van der Waals surface area contributed by atoms with Gasteiger partial charge in [-0.3, -0.25) is 9.59 Å². The first-order valence-corrected chi connectivity index (χ1v) is 12.0. The summed E-state index contributed by atoms with van der Waals surface area (Å²) in [5.41, 5.74) is 1.18. The van der Waals surface area contributed by atoms with Crippen LogP contribution in [0.25, 0.3) is 21.5 Å². The third kappa shape index (κ3) is 5.99. The fourth-order valence-electron chi connectivity index (χ4n) is 3.76. The van der Waals surface area contributed by atoms with Crippen LogP contribution in [0, 0.1) is 0 Å². The van der Waals surface area contributed by atoms with E-state index in [-0.39, 0.29) is 37.4 Å². The summed E-state index contributed by atoms with van der Waals surface area (Å²) in [5, 5.41) is 3.66. The summed E-state index contributed by atoms with van der Waals surface area (Å²) >= 11 is 0. The summed E-state index contributed by atoms with van der Waals surface area (Å²) in [6.07, 6.45) is 0.788. The number of carbonyl (C=O) groups is 2. The number of benzene rings is 3. The Morgan fingerprint density at radius 3 is 1.65 bits per heavy atom. The zero-order valence-corrected chi connectivity index (χ0v) is 20.7. The second-order valence-corrected chi connectivity index (χ2v) is 8.37. The van der Waals surface area contributed by atoms with Crippen molar-refractivity contribution in [2.45, 2.75) is 66.1 Å². The van der Waals surface area contributed by atoms with Gasteiger partial charge >= 0.3 is 11.9 Å². The number of hydrogen-bond donors (Lipinski definition) is 0. The van der Waals surface area contributed by atoms with E-state index in [1.54, 1.807) is 13.8 Å². The number of aryl methyl sites for hydroxylation is 1. The molecular weight excluding hydrogens is 432 g/mol. The van der Waals surface area contributed by atoms with E-state index in [4.69, 9.17) is 18.9 Å². The van der Waals surface area contributed by atoms with Crippen LogP contribution in [-0.4, -0.2) is 37.4 Å². The smallest absolute Gasteiger partial charge is 0.305 e. The molecule has 2 unspecified atom stereocenters. The number of rotatable bonds is 11. The van der Waals surface area contributed by atoms with Crippen LogP contribution >= 0.6 is 0 Å². The number of esters is 2. The quantitative estimate of drug-likeness (QED) is 0.255. The summed E-state index contributed by atoms with van der Waals surface area (Å²) in [6.45, 7) is 9.78. The largest absolute Gasteiger partial charge is 0.488 e. The average Bonchev–Trinajstić information content (AvgIpc) is 2.85. The molecule has 3 rings (SSSR count). The Morgan fingerprint density at radius 1 is 0.706 bits per heavy atom. The lowest BCUT2D eigenvalue weighted by molar-refractivity contribution is -0.150. The molecule has 6 nitrogen and oxygen atoms in total. The normalized spacial score (nSPS) is 12.9. The van der Waals surface area contributed by atoms with Gasteiger partial charge in [0.05, 0.1) is 0 Å². The van der Waals surface area contributed by atoms with E-state index in [1.165, 1.54) is 5.56 Å². The number of ether oxygens (including phenoxy) is 4. The molecule has 182 valence electrons. The summed E-state index contributed by atoms with van der Waals surface area (Å²) in [6, 6.07) is 14.2. The Bertz CT molecular complexity index is 1150. The predicted octanol–water partition coefficient (Wildman–Crippen LogP) is 6.00. The maximum Gasteiger partial charge on any atom is 0.305 e. The van der Waals surface area contributed by atoms with Gasteiger partial charge in [-0.05, 0) is 31.9 Å². The molecule has 0 spiro atoms. The average molecular weight is 467 g/mol. The molecule has 0 fully saturated rings. The summed E-state index contributed by atoms with van der Waals surface area (Å²) < 4.78 is 23.3. The first-order chi connectivity index (χ1) is 16.4. The van der Waals surface area contributed by atoms with Gasteiger partial charge in [-0.1, -0.05) is 57.2 Å². The van der Waals surface area contributed by atoms with Crippen molar-refractivity contribution in [3.63, 3.8) is 0 Å². The molecule has 0 radical (unpaired) electrons. The molecule has 0 bridgehead atoms. The fourth-order valence-corrected chi connectivity index (χ4v) is 3.76. The number of fused-ring (bicyclic) bond motifs is 2. The van der Waals surface area contributed by atoms with Crippen molar-refractivity contribution in [3.05, 3.63) is 48.0 Å². The Kier molecular flexibility index (Phi) is 8.74. The minimum absolute atomic E-state index is 0.241. The van der Waals surface area contributed by atoms with Crippen molar-refractivity contribution in [2.24, 2.45) is 0 Å². The predicted molar refractivity (Wildman–Crippen MR) is 134 cm³/mol. The lowest BCUT2D eigenvalue weighted by atomic mass is 9.98. The SMILES string of the molecule is CCC(=O)OC(C)COc1c2ccccc2c(OCC(C)OC(=O)CC)c2cc(CC)ccc12. The van der Waals surface area contributed by atoms with Gasteiger partial charge in [-0.15, -0.1) is 0 Å². The molecule has 6 heteroatoms. The van der Waals surface area contributed by atoms with Gasteiger partial charge < -0.3 is 18.9 Å². The van der Waals surface area contributed by atoms with Crippen LogP contribution in [0.1, 0.15) is 53.0 Å². The lowest BCUT2D eigenvalue weighted by Gasteiger charge is -2.21. The van der Waals surface area contributed by atoms with E-state index >= 15 is 0 Å². The van der Waals surface area contributed by atoms with Gasteiger partial charge in [0.15, 0.2) is 0 Å². The molecule has 0 saturated carbocycles. The monoisotopic (exact) mass is 466 g/mol. The van der Waals surface area contributed by atoms with Gasteiger partial charge in [0.1, 0.15) is 36.9 Å². The lowest BCUT2D eigenvalue weighted by Crippen LogP contribution is -2.22. The van der Waals surface area contributed by atoms with Crippen LogP contribution in [0.15, 0.2) is 42.5 Å². The second-order valence-electron chi connectivity index (χ2n) is 8.37. The summed E-state index contributed by atoms with van der Waals surface area (Å²) in [4.78, 5) is 23.3. The Balaban J connectivity index is 2.03. The Labute approximate surface area is 201 Å². The summed E-state index contributed by atoms with van der Waals surface area (Å²) in [7, 11) is 0. The zero-order chi connectivity index (χ0) is 24.7. The van der Waals surface area contributed by atoms with Crippen LogP contribution in [-0.2, 0) is 25.5 Å². The topological polar surface area (TPSA) is 71.1 Å². The van der Waals surface area contributed by atoms with E-state index < -0.39 is 0 Å². The molecule has 3 aromatic carbocycles. The molecular formula is C28H34O6. The Hall–Kier alpha value is -3.28. The van der Waals surface area contributed by atoms with Gasteiger partial charge in [0.25, 0.3) is 0 Å². The van der Waals surface area contributed by atoms with Crippen LogP contribution in [0.5, 0.6) is 11.5 Å². The van der Waals surface area contributed by atoms with Crippen molar-refractivity contribution in [1.29, 1.82) is 0 Å². The van der Waals surface area contributed by atoms with Crippen LogP contribution < -0.4 is 9.47 Å². The van der Waals surface area contributed by atoms with Gasteiger partial charge in [0, 0.05) is 34.4 Å². The maximum atomic E-state index is 11.7. The van der Waals surface area contributed by atoms with E-state index in [0.717, 1.165) is 39.5 Å². The van der Waals surface area contributed by atoms with Crippen LogP contribution in [0.2, 0.25) is 0 Å². The minimum Gasteiger partial charge on any atom is -0.488 e. The second kappa shape index (κ2) is 11.7. The molecule has 34 heavy (non-hydrogen) atoms. The molecule has 0 saturated heterocycles. The molecule has 0 aromatic heterocycles. The van der Waals surface area contributed by atoms with E-state index in [9.17, 15) is 9.59 Å². The highest BCUT2D eigenvalue weighted by molar-refractivity contribution is 6.11. The van der Waals surface area contributed by atoms with Crippen molar-refractivity contribution in [2.75, 3.05) is 13.2 Å². The van der Waals surface area contributed by atoms with Crippen molar-refractivity contribution >= 4 is 33.5 Å². The van der Waals surface area contributed by atoms with E-state index in [1.807, 2.05) is 44.2 Å². The molecule has 0 aliphatic carbocycles. The first-order valence-electron chi connectivity index (χ1n) is 12.0. The third-order valence-electron chi connectivity index (χ3n) is 5.57. The van der Waals surface area contributed by atoms with Crippen LogP contribution in [0.3, 0.4) is 0 Å². The van der Waals surface area contributed by atoms with Crippen molar-refractivity contribution in [3.8, 4) is 11.5 Å². The zero-order valence-electron chi connectivity index (χ0n) is 20.7. The third-order valence-corrected chi connectivity index (χ3v) is 5.57. The highest BCUT2D eigenvalue weighted by Gasteiger charge is 2.19. The molecule has 0 amide bonds. The van der Waals surface area contributed by atoms with E-state index in [0.29, 0.717) is 12.8 Å². The molecule has 3 aromatic rings. The molecule has 0 heterocycles. The van der Waals surface area contributed by atoms with Gasteiger partial charge in [0.2, 0.25) is 0 Å². The number of hydrogen-bond acceptors (Lipinski definition) is 6. The molecule has 0 N–H and O–H groups in total. The minimum atomic E-state index is -0.374. The Morgan fingerprint density at radius 2 is 1.18 bits per heavy atom. The van der Waals surface area contributed by atoms with Crippen LogP contribution in [0.4, 0.5) is 0 Å². The molecule has 2 atom stereocenters. The number of carbonyl (C=O) groups excluding carboxylic acids is 2.